The molecule has 6 nitrogen and oxygen atoms in total. The molecule has 26 heavy (non-hydrogen) atoms. The molecule has 0 spiro atoms. The summed E-state index contributed by atoms with van der Waals surface area (Å²) in [5.41, 5.74) is 2.64. The lowest BCUT2D eigenvalue weighted by molar-refractivity contribution is -0.125. The third-order valence-corrected chi connectivity index (χ3v) is 4.26. The fraction of sp³-hybridized carbons (Fsp3) is 0.211. The number of benzene rings is 2. The molecule has 1 aromatic heterocycles. The van der Waals surface area contributed by atoms with Crippen molar-refractivity contribution in [3.63, 3.8) is 0 Å². The third-order valence-electron chi connectivity index (χ3n) is 4.01. The summed E-state index contributed by atoms with van der Waals surface area (Å²) < 4.78 is 1.78. The Hall–Kier alpha value is -2.86. The Labute approximate surface area is 156 Å². The van der Waals surface area contributed by atoms with Gasteiger partial charge in [-0.25, -0.2) is 0 Å². The van der Waals surface area contributed by atoms with E-state index in [9.17, 15) is 9.59 Å². The Morgan fingerprint density at radius 1 is 1.04 bits per heavy atom. The lowest BCUT2D eigenvalue weighted by Gasteiger charge is -2.06. The van der Waals surface area contributed by atoms with E-state index in [2.05, 4.69) is 15.7 Å². The van der Waals surface area contributed by atoms with Crippen LogP contribution < -0.4 is 10.6 Å². The average molecular weight is 371 g/mol. The van der Waals surface area contributed by atoms with Gasteiger partial charge in [0.15, 0.2) is 0 Å². The zero-order valence-corrected chi connectivity index (χ0v) is 15.1. The molecule has 134 valence electrons. The highest BCUT2D eigenvalue weighted by molar-refractivity contribution is 6.30. The van der Waals surface area contributed by atoms with Crippen LogP contribution in [0.1, 0.15) is 11.3 Å². The molecule has 0 unspecified atom stereocenters. The highest BCUT2D eigenvalue weighted by atomic mass is 35.5. The van der Waals surface area contributed by atoms with E-state index < -0.39 is 0 Å². The van der Waals surface area contributed by atoms with Crippen molar-refractivity contribution in [1.82, 2.24) is 20.4 Å². The molecule has 2 amide bonds. The number of rotatable bonds is 6. The quantitative estimate of drug-likeness (QED) is 0.698. The van der Waals surface area contributed by atoms with Gasteiger partial charge in [-0.05, 0) is 23.8 Å². The number of aryl methyl sites for hydroxylation is 1. The summed E-state index contributed by atoms with van der Waals surface area (Å²) in [6.45, 7) is 0.241. The molecule has 0 saturated carbocycles. The van der Waals surface area contributed by atoms with Gasteiger partial charge in [0.05, 0.1) is 30.7 Å². The van der Waals surface area contributed by atoms with E-state index in [0.29, 0.717) is 11.6 Å². The van der Waals surface area contributed by atoms with E-state index in [4.69, 9.17) is 11.6 Å². The van der Waals surface area contributed by atoms with Crippen molar-refractivity contribution in [2.75, 3.05) is 6.54 Å². The zero-order valence-electron chi connectivity index (χ0n) is 14.3. The molecule has 3 aromatic rings. The van der Waals surface area contributed by atoms with Gasteiger partial charge >= 0.3 is 0 Å². The number of fused-ring (bicyclic) bond motifs is 1. The Kier molecular flexibility index (Phi) is 5.53. The number of nitrogens with zero attached hydrogens (tertiary/aromatic N) is 2. The summed E-state index contributed by atoms with van der Waals surface area (Å²) in [6, 6.07) is 14.9. The monoisotopic (exact) mass is 370 g/mol. The summed E-state index contributed by atoms with van der Waals surface area (Å²) >= 11 is 5.81. The van der Waals surface area contributed by atoms with Gasteiger partial charge in [-0.15, -0.1) is 0 Å². The van der Waals surface area contributed by atoms with E-state index in [-0.39, 0.29) is 24.8 Å². The third kappa shape index (κ3) is 4.40. The van der Waals surface area contributed by atoms with Gasteiger partial charge in [-0.1, -0.05) is 41.9 Å². The number of carbonyl (C=O) groups is 2. The molecule has 0 atom stereocenters. The topological polar surface area (TPSA) is 76.0 Å². The lowest BCUT2D eigenvalue weighted by Crippen LogP contribution is -2.37. The van der Waals surface area contributed by atoms with Crippen molar-refractivity contribution in [2.45, 2.75) is 13.0 Å². The normalized spacial score (nSPS) is 10.7. The molecule has 0 radical (unpaired) electrons. The van der Waals surface area contributed by atoms with E-state index in [0.717, 1.165) is 22.2 Å². The van der Waals surface area contributed by atoms with Gasteiger partial charge in [0.1, 0.15) is 0 Å². The van der Waals surface area contributed by atoms with Gasteiger partial charge in [0.25, 0.3) is 0 Å². The second kappa shape index (κ2) is 8.01. The molecule has 7 heteroatoms. The number of amides is 2. The van der Waals surface area contributed by atoms with Gasteiger partial charge in [-0.3, -0.25) is 14.3 Å². The minimum Gasteiger partial charge on any atom is -0.349 e. The summed E-state index contributed by atoms with van der Waals surface area (Å²) in [5, 5.41) is 11.4. The van der Waals surface area contributed by atoms with E-state index >= 15 is 0 Å². The predicted octanol–water partition coefficient (Wildman–Crippen LogP) is 2.20. The number of nitrogens with one attached hydrogen (secondary N) is 2. The number of hydrogen-bond acceptors (Lipinski definition) is 3. The molecule has 0 saturated heterocycles. The molecule has 0 aliphatic carbocycles. The van der Waals surface area contributed by atoms with Crippen molar-refractivity contribution in [3.05, 3.63) is 64.8 Å². The number of carbonyl (C=O) groups excluding carboxylic acids is 2. The second-order valence-corrected chi connectivity index (χ2v) is 6.38. The zero-order chi connectivity index (χ0) is 18.5. The lowest BCUT2D eigenvalue weighted by atomic mass is 10.1. The minimum atomic E-state index is -0.260. The summed E-state index contributed by atoms with van der Waals surface area (Å²) in [7, 11) is 1.87. The molecule has 2 aromatic carbocycles. The fourth-order valence-electron chi connectivity index (χ4n) is 2.69. The highest BCUT2D eigenvalue weighted by Gasteiger charge is 2.10. The molecule has 0 fully saturated rings. The highest BCUT2D eigenvalue weighted by Crippen LogP contribution is 2.17. The fourth-order valence-corrected chi connectivity index (χ4v) is 2.82. The van der Waals surface area contributed by atoms with Crippen LogP contribution in [0.5, 0.6) is 0 Å². The number of halogens is 1. The van der Waals surface area contributed by atoms with Gasteiger partial charge < -0.3 is 10.6 Å². The van der Waals surface area contributed by atoms with Crippen LogP contribution in [0.15, 0.2) is 48.5 Å². The molecular formula is C19H19ClN4O2. The molecule has 0 aliphatic rings. The molecule has 0 bridgehead atoms. The Morgan fingerprint density at radius 2 is 1.77 bits per heavy atom. The Morgan fingerprint density at radius 3 is 2.54 bits per heavy atom. The maximum Gasteiger partial charge on any atom is 0.239 e. The van der Waals surface area contributed by atoms with Crippen molar-refractivity contribution in [2.24, 2.45) is 7.05 Å². The Balaban J connectivity index is 1.48. The van der Waals surface area contributed by atoms with Crippen molar-refractivity contribution < 1.29 is 9.59 Å². The molecular weight excluding hydrogens is 352 g/mol. The van der Waals surface area contributed by atoms with Crippen molar-refractivity contribution in [3.8, 4) is 0 Å². The van der Waals surface area contributed by atoms with Gasteiger partial charge in [0, 0.05) is 17.5 Å². The second-order valence-electron chi connectivity index (χ2n) is 5.94. The predicted molar refractivity (Wildman–Crippen MR) is 101 cm³/mol. The maximum atomic E-state index is 12.0. The first-order valence-electron chi connectivity index (χ1n) is 8.21. The van der Waals surface area contributed by atoms with Gasteiger partial charge in [-0.2, -0.15) is 5.10 Å². The number of para-hydroxylation sites is 1. The summed E-state index contributed by atoms with van der Waals surface area (Å²) in [5.74, 6) is -0.477. The largest absolute Gasteiger partial charge is 0.349 e. The van der Waals surface area contributed by atoms with Crippen LogP contribution in [-0.4, -0.2) is 28.1 Å². The first kappa shape index (κ1) is 17.9. The van der Waals surface area contributed by atoms with E-state index in [1.807, 2.05) is 31.3 Å². The smallest absolute Gasteiger partial charge is 0.239 e. The van der Waals surface area contributed by atoms with Crippen molar-refractivity contribution in [1.29, 1.82) is 0 Å². The SMILES string of the molecule is Cn1nc(CNC(=O)CNC(=O)Cc2ccc(Cl)cc2)c2ccccc21. The number of hydrogen-bond donors (Lipinski definition) is 2. The van der Waals surface area contributed by atoms with E-state index in [1.165, 1.54) is 0 Å². The summed E-state index contributed by atoms with van der Waals surface area (Å²) in [6.07, 6.45) is 0.204. The standard InChI is InChI=1S/C19H19ClN4O2/c1-24-17-5-3-2-4-15(17)16(23-24)11-21-19(26)12-22-18(25)10-13-6-8-14(20)9-7-13/h2-9H,10-12H2,1H3,(H,21,26)(H,22,25). The van der Waals surface area contributed by atoms with Crippen LogP contribution in [0.2, 0.25) is 5.02 Å². The number of aromatic nitrogens is 2. The Bertz CT molecular complexity index is 934. The molecule has 1 heterocycles. The molecule has 3 rings (SSSR count). The first-order valence-corrected chi connectivity index (χ1v) is 8.59. The van der Waals surface area contributed by atoms with Crippen molar-refractivity contribution >= 4 is 34.3 Å². The van der Waals surface area contributed by atoms with Crippen LogP contribution in [0, 0.1) is 0 Å². The minimum absolute atomic E-state index is 0.0722. The summed E-state index contributed by atoms with van der Waals surface area (Å²) in [4.78, 5) is 23.9. The molecule has 2 N–H and O–H groups in total. The van der Waals surface area contributed by atoms with Crippen LogP contribution in [0.3, 0.4) is 0 Å². The van der Waals surface area contributed by atoms with E-state index in [1.54, 1.807) is 28.9 Å². The maximum absolute atomic E-state index is 12.0. The first-order chi connectivity index (χ1) is 12.5. The van der Waals surface area contributed by atoms with Gasteiger partial charge in [0.2, 0.25) is 11.8 Å². The van der Waals surface area contributed by atoms with Crippen LogP contribution in [0.25, 0.3) is 10.9 Å². The average Bonchev–Trinajstić information content (AvgIpc) is 2.96. The van der Waals surface area contributed by atoms with Crippen LogP contribution in [0.4, 0.5) is 0 Å². The van der Waals surface area contributed by atoms with Crippen LogP contribution in [-0.2, 0) is 29.6 Å². The van der Waals surface area contributed by atoms with Crippen LogP contribution >= 0.6 is 11.6 Å². The molecule has 0 aliphatic heterocycles.